The highest BCUT2D eigenvalue weighted by atomic mass is 32.1. The van der Waals surface area contributed by atoms with E-state index in [1.807, 2.05) is 66.1 Å². The summed E-state index contributed by atoms with van der Waals surface area (Å²) >= 11 is 1.84. The van der Waals surface area contributed by atoms with Crippen molar-refractivity contribution in [2.45, 2.75) is 0 Å². The van der Waals surface area contributed by atoms with Gasteiger partial charge in [-0.15, -0.1) is 11.3 Å². The van der Waals surface area contributed by atoms with Crippen molar-refractivity contribution in [1.82, 2.24) is 15.0 Å². The largest absolute Gasteiger partial charge is 0.455 e. The van der Waals surface area contributed by atoms with Crippen molar-refractivity contribution >= 4 is 53.4 Å². The number of pyridine rings is 1. The van der Waals surface area contributed by atoms with Crippen LogP contribution in [0.15, 0.2) is 193 Å². The van der Waals surface area contributed by atoms with Gasteiger partial charge in [0.1, 0.15) is 11.2 Å². The number of para-hydroxylation sites is 1. The lowest BCUT2D eigenvalue weighted by atomic mass is 9.92. The van der Waals surface area contributed by atoms with E-state index < -0.39 is 0 Å². The van der Waals surface area contributed by atoms with Crippen molar-refractivity contribution in [3.05, 3.63) is 188 Å². The molecule has 56 heavy (non-hydrogen) atoms. The maximum Gasteiger partial charge on any atom is 0.160 e. The fraction of sp³-hybridized carbons (Fsp3) is 0. The van der Waals surface area contributed by atoms with Crippen molar-refractivity contribution in [3.8, 4) is 67.4 Å². The molecule has 0 spiro atoms. The first-order chi connectivity index (χ1) is 27.8. The lowest BCUT2D eigenvalue weighted by molar-refractivity contribution is 0.670. The fourth-order valence-electron chi connectivity index (χ4n) is 8.00. The molecule has 0 bridgehead atoms. The molecule has 262 valence electrons. The van der Waals surface area contributed by atoms with Gasteiger partial charge in [0, 0.05) is 65.0 Å². The Kier molecular flexibility index (Phi) is 7.64. The van der Waals surface area contributed by atoms with Crippen LogP contribution in [-0.4, -0.2) is 15.0 Å². The van der Waals surface area contributed by atoms with Crippen LogP contribution < -0.4 is 0 Å². The number of hydrogen-bond acceptors (Lipinski definition) is 5. The van der Waals surface area contributed by atoms with Crippen molar-refractivity contribution in [3.63, 3.8) is 0 Å². The summed E-state index contributed by atoms with van der Waals surface area (Å²) in [6, 6.07) is 63.4. The summed E-state index contributed by atoms with van der Waals surface area (Å²) in [5.74, 6) is 0.675. The van der Waals surface area contributed by atoms with E-state index in [0.717, 1.165) is 78.0 Å². The third-order valence-electron chi connectivity index (χ3n) is 10.6. The Labute approximate surface area is 327 Å². The third-order valence-corrected chi connectivity index (χ3v) is 11.7. The van der Waals surface area contributed by atoms with Crippen LogP contribution in [0.5, 0.6) is 0 Å². The van der Waals surface area contributed by atoms with E-state index in [1.54, 1.807) is 0 Å². The van der Waals surface area contributed by atoms with Crippen LogP contribution in [0.3, 0.4) is 0 Å². The van der Waals surface area contributed by atoms with Crippen molar-refractivity contribution in [2.75, 3.05) is 0 Å². The molecule has 0 radical (unpaired) electrons. The van der Waals surface area contributed by atoms with Crippen LogP contribution in [0.25, 0.3) is 110 Å². The minimum absolute atomic E-state index is 0.675. The van der Waals surface area contributed by atoms with Crippen LogP contribution in [0, 0.1) is 0 Å². The summed E-state index contributed by atoms with van der Waals surface area (Å²) in [5, 5.41) is 4.76. The van der Waals surface area contributed by atoms with E-state index >= 15 is 0 Å². The smallest absolute Gasteiger partial charge is 0.160 e. The van der Waals surface area contributed by atoms with Crippen LogP contribution in [0.1, 0.15) is 0 Å². The SMILES string of the molecule is c1ccc(-c2nc(-c3ccc(-c4ccc(-c5cccc6sc7ccccc7c56)c5oc6ccccc6c45)cc3)cc(-c3ccccc3-c3ccccn3)n2)cc1. The molecule has 11 aromatic rings. The molecule has 4 aromatic heterocycles. The summed E-state index contributed by atoms with van der Waals surface area (Å²) in [5.41, 5.74) is 12.9. The molecule has 7 aromatic carbocycles. The number of thiophene rings is 1. The van der Waals surface area contributed by atoms with E-state index in [-0.39, 0.29) is 0 Å². The first-order valence-corrected chi connectivity index (χ1v) is 19.5. The second-order valence-corrected chi connectivity index (χ2v) is 15.0. The van der Waals surface area contributed by atoms with Crippen molar-refractivity contribution < 1.29 is 4.42 Å². The van der Waals surface area contributed by atoms with E-state index in [9.17, 15) is 0 Å². The highest BCUT2D eigenvalue weighted by Crippen LogP contribution is 2.46. The quantitative estimate of drug-likeness (QED) is 0.171. The number of benzene rings is 7. The molecule has 0 aliphatic carbocycles. The zero-order valence-electron chi connectivity index (χ0n) is 30.1. The van der Waals surface area contributed by atoms with Crippen LogP contribution in [0.4, 0.5) is 0 Å². The van der Waals surface area contributed by atoms with Crippen LogP contribution in [-0.2, 0) is 0 Å². The molecule has 0 N–H and O–H groups in total. The summed E-state index contributed by atoms with van der Waals surface area (Å²) < 4.78 is 9.33. The summed E-state index contributed by atoms with van der Waals surface area (Å²) in [7, 11) is 0. The maximum atomic E-state index is 6.76. The van der Waals surface area contributed by atoms with Gasteiger partial charge in [-0.3, -0.25) is 4.98 Å². The molecule has 5 heteroatoms. The monoisotopic (exact) mass is 733 g/mol. The molecule has 0 atom stereocenters. The zero-order valence-corrected chi connectivity index (χ0v) is 30.9. The normalized spacial score (nSPS) is 11.6. The first kappa shape index (κ1) is 32.2. The molecule has 0 saturated carbocycles. The highest BCUT2D eigenvalue weighted by Gasteiger charge is 2.20. The Hall–Kier alpha value is -7.21. The highest BCUT2D eigenvalue weighted by molar-refractivity contribution is 7.25. The van der Waals surface area contributed by atoms with Gasteiger partial charge in [-0.2, -0.15) is 0 Å². The Balaban J connectivity index is 1.06. The molecule has 4 nitrogen and oxygen atoms in total. The standard InChI is InChI=1S/C51H31N3OS/c1-2-13-34(14-3-1)51-53-43(31-44(54-51)37-16-5-4-15-36(37)42-20-10-11-30-52-42)33-26-24-32(25-27-33)35-28-29-39(50-49(35)40-17-6-8-21-45(40)55-50)38-19-12-23-47-48(38)41-18-7-9-22-46(41)56-47/h1-31H. The number of hydrogen-bond donors (Lipinski definition) is 0. The lowest BCUT2D eigenvalue weighted by Gasteiger charge is -2.13. The molecule has 0 saturated heterocycles. The third kappa shape index (κ3) is 5.40. The maximum absolute atomic E-state index is 6.76. The van der Waals surface area contributed by atoms with Crippen molar-refractivity contribution in [1.29, 1.82) is 0 Å². The number of furan rings is 1. The van der Waals surface area contributed by atoms with E-state index in [4.69, 9.17) is 14.4 Å². The van der Waals surface area contributed by atoms with Gasteiger partial charge in [0.25, 0.3) is 0 Å². The van der Waals surface area contributed by atoms with Gasteiger partial charge in [0.15, 0.2) is 5.82 Å². The van der Waals surface area contributed by atoms with Crippen molar-refractivity contribution in [2.24, 2.45) is 0 Å². The van der Waals surface area contributed by atoms with Gasteiger partial charge in [0.2, 0.25) is 0 Å². The Morgan fingerprint density at radius 2 is 1.05 bits per heavy atom. The van der Waals surface area contributed by atoms with Gasteiger partial charge in [0.05, 0.1) is 17.1 Å². The molecule has 11 rings (SSSR count). The molecule has 4 heterocycles. The summed E-state index contributed by atoms with van der Waals surface area (Å²) in [6.07, 6.45) is 1.83. The molecule has 0 aliphatic rings. The minimum Gasteiger partial charge on any atom is -0.455 e. The second-order valence-electron chi connectivity index (χ2n) is 13.9. The Bertz CT molecular complexity index is 3240. The van der Waals surface area contributed by atoms with Crippen LogP contribution in [0.2, 0.25) is 0 Å². The van der Waals surface area contributed by atoms with Gasteiger partial charge in [-0.1, -0.05) is 140 Å². The van der Waals surface area contributed by atoms with Gasteiger partial charge in [-0.05, 0) is 59.2 Å². The molecule has 0 unspecified atom stereocenters. The second kappa shape index (κ2) is 13.3. The number of fused-ring (bicyclic) bond motifs is 6. The fourth-order valence-corrected chi connectivity index (χ4v) is 9.13. The van der Waals surface area contributed by atoms with Crippen LogP contribution >= 0.6 is 11.3 Å². The Morgan fingerprint density at radius 3 is 1.89 bits per heavy atom. The van der Waals surface area contributed by atoms with E-state index in [2.05, 4.69) is 138 Å². The molecular weight excluding hydrogens is 703 g/mol. The van der Waals surface area contributed by atoms with Gasteiger partial charge in [-0.25, -0.2) is 9.97 Å². The summed E-state index contributed by atoms with van der Waals surface area (Å²) in [6.45, 7) is 0. The molecular formula is C51H31N3OS. The molecule has 0 aliphatic heterocycles. The summed E-state index contributed by atoms with van der Waals surface area (Å²) in [4.78, 5) is 14.9. The van der Waals surface area contributed by atoms with Gasteiger partial charge >= 0.3 is 0 Å². The first-order valence-electron chi connectivity index (χ1n) is 18.7. The predicted molar refractivity (Wildman–Crippen MR) is 233 cm³/mol. The molecule has 0 fully saturated rings. The average Bonchev–Trinajstić information content (AvgIpc) is 3.86. The number of nitrogens with zero attached hydrogens (tertiary/aromatic N) is 3. The topological polar surface area (TPSA) is 51.8 Å². The van der Waals surface area contributed by atoms with E-state index in [0.29, 0.717) is 5.82 Å². The number of rotatable bonds is 6. The molecule has 0 amide bonds. The Morgan fingerprint density at radius 1 is 0.393 bits per heavy atom. The van der Waals surface area contributed by atoms with E-state index in [1.165, 1.54) is 25.7 Å². The average molecular weight is 734 g/mol. The minimum atomic E-state index is 0.675. The zero-order chi connectivity index (χ0) is 37.0. The number of aromatic nitrogens is 3. The van der Waals surface area contributed by atoms with Gasteiger partial charge < -0.3 is 4.42 Å². The lowest BCUT2D eigenvalue weighted by Crippen LogP contribution is -1.97. The predicted octanol–water partition coefficient (Wildman–Crippen LogP) is 14.1.